The molecule has 3 heterocycles. The van der Waals surface area contributed by atoms with Crippen LogP contribution < -0.4 is 11.2 Å². The van der Waals surface area contributed by atoms with E-state index >= 15 is 0 Å². The van der Waals surface area contributed by atoms with E-state index in [1.165, 1.54) is 15.6 Å². The maximum atomic E-state index is 12.9. The lowest BCUT2D eigenvalue weighted by Crippen LogP contribution is -2.41. The van der Waals surface area contributed by atoms with E-state index in [0.717, 1.165) is 24.2 Å². The zero-order chi connectivity index (χ0) is 24.4. The van der Waals surface area contributed by atoms with E-state index < -0.39 is 0 Å². The van der Waals surface area contributed by atoms with Gasteiger partial charge in [-0.1, -0.05) is 42.5 Å². The van der Waals surface area contributed by atoms with Gasteiger partial charge in [0.1, 0.15) is 12.4 Å². The number of hydrogen-bond donors (Lipinski definition) is 0. The van der Waals surface area contributed by atoms with E-state index in [1.807, 2.05) is 43.3 Å². The van der Waals surface area contributed by atoms with Crippen molar-refractivity contribution in [2.24, 2.45) is 0 Å². The number of likely N-dealkylation sites (tertiary alicyclic amines) is 1. The Morgan fingerprint density at radius 1 is 1.00 bits per heavy atom. The number of fused-ring (bicyclic) bond motifs is 1. The molecule has 2 aromatic heterocycles. The molecule has 9 nitrogen and oxygen atoms in total. The lowest BCUT2D eigenvalue weighted by atomic mass is 9.96. The summed E-state index contributed by atoms with van der Waals surface area (Å²) in [6.45, 7) is 4.02. The zero-order valence-electron chi connectivity index (χ0n) is 19.7. The molecule has 0 aliphatic carbocycles. The summed E-state index contributed by atoms with van der Waals surface area (Å²) in [6, 6.07) is 16.9. The van der Waals surface area contributed by atoms with Crippen molar-refractivity contribution in [3.63, 3.8) is 0 Å². The Balaban J connectivity index is 1.27. The smallest absolute Gasteiger partial charge is 0.341 e. The first-order chi connectivity index (χ1) is 17.0. The first kappa shape index (κ1) is 22.8. The van der Waals surface area contributed by atoms with Crippen LogP contribution in [0.15, 0.2) is 70.5 Å². The van der Waals surface area contributed by atoms with Gasteiger partial charge in [0, 0.05) is 25.6 Å². The molecule has 1 fully saturated rings. The second kappa shape index (κ2) is 9.69. The van der Waals surface area contributed by atoms with Crippen molar-refractivity contribution >= 4 is 16.8 Å². The van der Waals surface area contributed by atoms with Crippen LogP contribution in [0, 0.1) is 0 Å². The lowest BCUT2D eigenvalue weighted by molar-refractivity contribution is -0.133. The Kier molecular flexibility index (Phi) is 6.31. The molecule has 1 amide bonds. The average molecular weight is 473 g/mol. The minimum atomic E-state index is -0.213. The summed E-state index contributed by atoms with van der Waals surface area (Å²) in [5.41, 5.74) is 1.33. The third-order valence-electron chi connectivity index (χ3n) is 6.69. The number of carbonyl (C=O) groups excluding carboxylic acids is 1. The second-order valence-electron chi connectivity index (χ2n) is 8.88. The predicted molar refractivity (Wildman–Crippen MR) is 132 cm³/mol. The van der Waals surface area contributed by atoms with Gasteiger partial charge in [0.05, 0.1) is 23.8 Å². The van der Waals surface area contributed by atoms with Crippen LogP contribution in [0.2, 0.25) is 0 Å². The Bertz CT molecular complexity index is 1460. The quantitative estimate of drug-likeness (QED) is 0.429. The van der Waals surface area contributed by atoms with Gasteiger partial charge in [0.15, 0.2) is 0 Å². The van der Waals surface area contributed by atoms with E-state index in [-0.39, 0.29) is 29.6 Å². The summed E-state index contributed by atoms with van der Waals surface area (Å²) >= 11 is 0. The summed E-state index contributed by atoms with van der Waals surface area (Å²) in [6.07, 6.45) is 2.88. The molecular weight excluding hydrogens is 444 g/mol. The molecule has 0 saturated carbocycles. The molecule has 5 rings (SSSR count). The van der Waals surface area contributed by atoms with Crippen molar-refractivity contribution < 1.29 is 4.79 Å². The molecule has 0 N–H and O–H groups in total. The van der Waals surface area contributed by atoms with Crippen molar-refractivity contribution in [2.75, 3.05) is 13.1 Å². The maximum Gasteiger partial charge on any atom is 0.346 e. The van der Waals surface area contributed by atoms with Crippen LogP contribution in [-0.2, 0) is 24.4 Å². The number of aromatic nitrogens is 5. The summed E-state index contributed by atoms with van der Waals surface area (Å²) < 4.78 is 4.65. The van der Waals surface area contributed by atoms with E-state index in [4.69, 9.17) is 0 Å². The average Bonchev–Trinajstić information content (AvgIpc) is 3.21. The van der Waals surface area contributed by atoms with Crippen LogP contribution in [-0.4, -0.2) is 47.8 Å². The Hall–Kier alpha value is -4.01. The largest absolute Gasteiger partial charge is 0.346 e. The van der Waals surface area contributed by atoms with Crippen molar-refractivity contribution in [3.8, 4) is 0 Å². The number of carbonyl (C=O) groups is 1. The molecule has 0 spiro atoms. The third-order valence-corrected chi connectivity index (χ3v) is 6.69. The highest BCUT2D eigenvalue weighted by atomic mass is 16.2. The highest BCUT2D eigenvalue weighted by molar-refractivity contribution is 5.79. The van der Waals surface area contributed by atoms with E-state index in [1.54, 1.807) is 27.7 Å². The third kappa shape index (κ3) is 4.53. The van der Waals surface area contributed by atoms with Gasteiger partial charge in [0.2, 0.25) is 5.91 Å². The molecule has 1 aliphatic rings. The van der Waals surface area contributed by atoms with Gasteiger partial charge in [-0.15, -0.1) is 0 Å². The fraction of sp³-hybridized carbons (Fsp3) is 0.346. The number of rotatable bonds is 6. The number of hydrogen-bond acceptors (Lipinski definition) is 5. The fourth-order valence-electron chi connectivity index (χ4n) is 4.77. The van der Waals surface area contributed by atoms with E-state index in [2.05, 4.69) is 10.1 Å². The summed E-state index contributed by atoms with van der Waals surface area (Å²) in [5.74, 6) is 0.786. The molecule has 9 heteroatoms. The van der Waals surface area contributed by atoms with Crippen LogP contribution in [0.5, 0.6) is 0 Å². The van der Waals surface area contributed by atoms with Gasteiger partial charge in [-0.3, -0.25) is 18.7 Å². The second-order valence-corrected chi connectivity index (χ2v) is 8.88. The molecule has 35 heavy (non-hydrogen) atoms. The van der Waals surface area contributed by atoms with Crippen LogP contribution in [0.4, 0.5) is 0 Å². The maximum absolute atomic E-state index is 12.9. The van der Waals surface area contributed by atoms with Crippen LogP contribution >= 0.6 is 0 Å². The normalized spacial score (nSPS) is 14.5. The van der Waals surface area contributed by atoms with Gasteiger partial charge >= 0.3 is 5.69 Å². The number of benzene rings is 2. The summed E-state index contributed by atoms with van der Waals surface area (Å²) in [4.78, 5) is 44.7. The molecule has 2 aromatic carbocycles. The minimum Gasteiger partial charge on any atom is -0.341 e. The van der Waals surface area contributed by atoms with E-state index in [0.29, 0.717) is 37.1 Å². The number of amides is 1. The number of para-hydroxylation sites is 1. The predicted octanol–water partition coefficient (Wildman–Crippen LogP) is 2.23. The molecule has 1 saturated heterocycles. The van der Waals surface area contributed by atoms with Crippen LogP contribution in [0.3, 0.4) is 0 Å². The molecule has 1 aliphatic heterocycles. The van der Waals surface area contributed by atoms with Gasteiger partial charge in [-0.2, -0.15) is 5.10 Å². The molecular formula is C26H28N6O3. The topological polar surface area (TPSA) is 95.0 Å². The first-order valence-corrected chi connectivity index (χ1v) is 12.0. The minimum absolute atomic E-state index is 0.0350. The van der Waals surface area contributed by atoms with Crippen molar-refractivity contribution in [2.45, 2.75) is 45.3 Å². The lowest BCUT2D eigenvalue weighted by Gasteiger charge is -2.31. The molecule has 0 atom stereocenters. The van der Waals surface area contributed by atoms with Gasteiger partial charge in [0.25, 0.3) is 5.56 Å². The van der Waals surface area contributed by atoms with Crippen molar-refractivity contribution in [1.82, 2.24) is 28.8 Å². The standard InChI is InChI=1S/C26H28N6O3/c1-2-31-24(28-32(26(31)35)16-19-8-4-3-5-9-19)20-12-14-29(15-13-20)23(33)17-30-18-27-22-11-7-6-10-21(22)25(30)34/h3-11,18,20H,2,12-17H2,1H3. The SMILES string of the molecule is CCn1c(C2CCN(C(=O)Cn3cnc4ccccc4c3=O)CC2)nn(Cc2ccccc2)c1=O. The van der Waals surface area contributed by atoms with Crippen molar-refractivity contribution in [3.05, 3.63) is 93.2 Å². The monoisotopic (exact) mass is 472 g/mol. The molecule has 0 bridgehead atoms. The fourth-order valence-corrected chi connectivity index (χ4v) is 4.77. The molecule has 0 radical (unpaired) electrons. The highest BCUT2D eigenvalue weighted by Gasteiger charge is 2.28. The van der Waals surface area contributed by atoms with Crippen LogP contribution in [0.25, 0.3) is 10.9 Å². The summed E-state index contributed by atoms with van der Waals surface area (Å²) in [5, 5.41) is 5.19. The zero-order valence-corrected chi connectivity index (χ0v) is 19.7. The van der Waals surface area contributed by atoms with Gasteiger partial charge < -0.3 is 4.90 Å². The Labute approximate surface area is 202 Å². The Morgan fingerprint density at radius 2 is 1.71 bits per heavy atom. The molecule has 0 unspecified atom stereocenters. The Morgan fingerprint density at radius 3 is 2.46 bits per heavy atom. The summed E-state index contributed by atoms with van der Waals surface area (Å²) in [7, 11) is 0. The first-order valence-electron chi connectivity index (χ1n) is 12.0. The van der Waals surface area contributed by atoms with Gasteiger partial charge in [-0.05, 0) is 37.5 Å². The van der Waals surface area contributed by atoms with Crippen LogP contribution in [0.1, 0.15) is 37.1 Å². The highest BCUT2D eigenvalue weighted by Crippen LogP contribution is 2.26. The van der Waals surface area contributed by atoms with Gasteiger partial charge in [-0.25, -0.2) is 14.5 Å². The molecule has 4 aromatic rings. The van der Waals surface area contributed by atoms with Crippen molar-refractivity contribution in [1.29, 1.82) is 0 Å². The van der Waals surface area contributed by atoms with E-state index in [9.17, 15) is 14.4 Å². The number of piperidine rings is 1. The number of nitrogens with zero attached hydrogens (tertiary/aromatic N) is 6. The molecule has 180 valence electrons.